The number of fused-ring (bicyclic) bond motifs is 2. The summed E-state index contributed by atoms with van der Waals surface area (Å²) in [6.45, 7) is 15.6. The number of nitrogens with zero attached hydrogens (tertiary/aromatic N) is 1. The van der Waals surface area contributed by atoms with E-state index in [0.29, 0.717) is 0 Å². The minimum atomic E-state index is -0.868. The highest BCUT2D eigenvalue weighted by Gasteiger charge is 2.50. The monoisotopic (exact) mass is 528 g/mol. The quantitative estimate of drug-likeness (QED) is 0.449. The highest BCUT2D eigenvalue weighted by atomic mass is 127. The fourth-order valence-corrected chi connectivity index (χ4v) is 5.75. The van der Waals surface area contributed by atoms with Crippen molar-refractivity contribution < 1.29 is 14.6 Å². The fraction of sp³-hybridized carbons (Fsp3) is 0.708. The summed E-state index contributed by atoms with van der Waals surface area (Å²) >= 11 is 2.43. The zero-order valence-corrected chi connectivity index (χ0v) is 21.6. The molecule has 6 heteroatoms. The lowest BCUT2D eigenvalue weighted by Crippen LogP contribution is -2.50. The van der Waals surface area contributed by atoms with Crippen molar-refractivity contribution in [3.8, 4) is 0 Å². The maximum Gasteiger partial charge on any atom is 0.217 e. The molecule has 1 heterocycles. The molecule has 1 aromatic rings. The Hall–Kier alpha value is -0.700. The van der Waals surface area contributed by atoms with Gasteiger partial charge >= 0.3 is 0 Å². The lowest BCUT2D eigenvalue weighted by molar-refractivity contribution is -0.244. The van der Waals surface area contributed by atoms with E-state index in [1.165, 1.54) is 20.3 Å². The van der Waals surface area contributed by atoms with Gasteiger partial charge < -0.3 is 15.2 Å². The average molecular weight is 528 g/mol. The predicted octanol–water partition coefficient (Wildman–Crippen LogP) is 4.43. The van der Waals surface area contributed by atoms with E-state index in [1.54, 1.807) is 6.92 Å². The molecule has 168 valence electrons. The first-order valence-corrected chi connectivity index (χ1v) is 12.0. The molecule has 1 spiro atoms. The number of piperidine rings is 1. The first kappa shape index (κ1) is 24.0. The Morgan fingerprint density at radius 2 is 1.87 bits per heavy atom. The number of aryl methyl sites for hydroxylation is 1. The number of carbonyl (C=O) groups excluding carboxylic acids is 1. The summed E-state index contributed by atoms with van der Waals surface area (Å²) in [7, 11) is 0. The molecule has 1 saturated heterocycles. The van der Waals surface area contributed by atoms with Crippen LogP contribution in [0.4, 0.5) is 0 Å². The molecule has 1 amide bonds. The van der Waals surface area contributed by atoms with Crippen LogP contribution in [0, 0.1) is 10.5 Å². The van der Waals surface area contributed by atoms with Crippen LogP contribution in [0.2, 0.25) is 0 Å². The molecular weight excluding hydrogens is 491 g/mol. The number of amides is 1. The van der Waals surface area contributed by atoms with Gasteiger partial charge in [0.15, 0.2) is 0 Å². The Labute approximate surface area is 195 Å². The summed E-state index contributed by atoms with van der Waals surface area (Å²) < 4.78 is 7.08. The second kappa shape index (κ2) is 8.34. The topological polar surface area (TPSA) is 61.8 Å². The first-order valence-electron chi connectivity index (χ1n) is 10.9. The van der Waals surface area contributed by atoms with Crippen molar-refractivity contribution in [1.29, 1.82) is 0 Å². The highest BCUT2D eigenvalue weighted by Crippen LogP contribution is 2.55. The van der Waals surface area contributed by atoms with E-state index in [1.807, 2.05) is 25.7 Å². The zero-order chi connectivity index (χ0) is 22.5. The molecule has 1 aromatic carbocycles. The van der Waals surface area contributed by atoms with Crippen LogP contribution in [0.15, 0.2) is 12.1 Å². The molecule has 2 atom stereocenters. The number of aliphatic hydroxyl groups excluding tert-OH is 1. The third-order valence-corrected chi connectivity index (χ3v) is 7.93. The van der Waals surface area contributed by atoms with Crippen molar-refractivity contribution in [2.24, 2.45) is 0 Å². The summed E-state index contributed by atoms with van der Waals surface area (Å²) in [5.41, 5.74) is 3.51. The zero-order valence-electron chi connectivity index (χ0n) is 19.4. The lowest BCUT2D eigenvalue weighted by Gasteiger charge is -2.43. The number of likely N-dealkylation sites (tertiary alicyclic amines) is 1. The largest absolute Gasteiger partial charge is 0.356 e. The van der Waals surface area contributed by atoms with Crippen molar-refractivity contribution in [1.82, 2.24) is 10.2 Å². The molecule has 30 heavy (non-hydrogen) atoms. The number of hydrogen-bond donors (Lipinski definition) is 2. The number of rotatable bonds is 4. The van der Waals surface area contributed by atoms with Gasteiger partial charge in [-0.05, 0) is 112 Å². The van der Waals surface area contributed by atoms with Gasteiger partial charge in [0.05, 0.1) is 5.60 Å². The molecule has 2 N–H and O–H groups in total. The van der Waals surface area contributed by atoms with E-state index in [2.05, 4.69) is 60.8 Å². The number of hydrogen-bond acceptors (Lipinski definition) is 4. The van der Waals surface area contributed by atoms with E-state index in [4.69, 9.17) is 4.74 Å². The van der Waals surface area contributed by atoms with E-state index >= 15 is 0 Å². The summed E-state index contributed by atoms with van der Waals surface area (Å²) in [6.07, 6.45) is 2.12. The molecule has 0 radical (unpaired) electrons. The number of benzene rings is 1. The second-order valence-corrected chi connectivity index (χ2v) is 11.9. The van der Waals surface area contributed by atoms with Gasteiger partial charge in [-0.3, -0.25) is 9.69 Å². The Morgan fingerprint density at radius 1 is 1.27 bits per heavy atom. The van der Waals surface area contributed by atoms with Crippen molar-refractivity contribution >= 4 is 28.5 Å². The van der Waals surface area contributed by atoms with Gasteiger partial charge in [-0.15, -0.1) is 0 Å². The molecule has 1 aliphatic carbocycles. The van der Waals surface area contributed by atoms with Crippen molar-refractivity contribution in [2.75, 3.05) is 13.1 Å². The molecule has 2 aliphatic rings. The minimum absolute atomic E-state index is 0.0157. The van der Waals surface area contributed by atoms with Crippen molar-refractivity contribution in [3.63, 3.8) is 0 Å². The van der Waals surface area contributed by atoms with Crippen LogP contribution in [-0.4, -0.2) is 46.6 Å². The Balaban J connectivity index is 1.89. The number of ether oxygens (including phenoxy) is 1. The van der Waals surface area contributed by atoms with E-state index in [9.17, 15) is 9.90 Å². The lowest BCUT2D eigenvalue weighted by atomic mass is 9.72. The third-order valence-electron chi connectivity index (χ3n) is 6.77. The standard InChI is InChI=1S/C24H37IN2O3/c1-15-12-17-18(13-20(15)25)24(14-19(17)23(6,7)26-16(2)28)8-10-27(11-9-24)21(29)30-22(3,4)5/h12-13,19,21,29H,8-11,14H2,1-7H3,(H,26,28)/t19-,21?/m0/s1. The van der Waals surface area contributed by atoms with Crippen LogP contribution in [0.1, 0.15) is 83.4 Å². The van der Waals surface area contributed by atoms with E-state index in [-0.39, 0.29) is 28.4 Å². The number of halogens is 1. The van der Waals surface area contributed by atoms with Crippen LogP contribution in [0.3, 0.4) is 0 Å². The van der Waals surface area contributed by atoms with E-state index in [0.717, 1.165) is 32.4 Å². The molecule has 1 fully saturated rings. The van der Waals surface area contributed by atoms with Gasteiger partial charge in [-0.1, -0.05) is 6.07 Å². The normalized spacial score (nSPS) is 22.8. The van der Waals surface area contributed by atoms with E-state index < -0.39 is 6.41 Å². The van der Waals surface area contributed by atoms with Gasteiger partial charge in [0.1, 0.15) is 0 Å². The van der Waals surface area contributed by atoms with Gasteiger partial charge in [0.25, 0.3) is 0 Å². The van der Waals surface area contributed by atoms with Crippen molar-refractivity contribution in [2.45, 2.75) is 96.6 Å². The molecule has 0 saturated carbocycles. The second-order valence-electron chi connectivity index (χ2n) is 10.7. The number of nitrogens with one attached hydrogen (secondary N) is 1. The Kier molecular flexibility index (Phi) is 6.66. The molecule has 5 nitrogen and oxygen atoms in total. The molecular formula is C24H37IN2O3. The highest BCUT2D eigenvalue weighted by molar-refractivity contribution is 14.1. The smallest absolute Gasteiger partial charge is 0.217 e. The van der Waals surface area contributed by atoms with Crippen LogP contribution in [0.5, 0.6) is 0 Å². The Morgan fingerprint density at radius 3 is 2.40 bits per heavy atom. The summed E-state index contributed by atoms with van der Waals surface area (Å²) in [5.74, 6) is 0.288. The predicted molar refractivity (Wildman–Crippen MR) is 128 cm³/mol. The first-order chi connectivity index (χ1) is 13.7. The molecule has 3 rings (SSSR count). The average Bonchev–Trinajstić information content (AvgIpc) is 2.88. The van der Waals surface area contributed by atoms with Gasteiger partial charge in [-0.2, -0.15) is 0 Å². The van der Waals surface area contributed by atoms with Crippen LogP contribution >= 0.6 is 22.6 Å². The molecule has 1 aliphatic heterocycles. The summed E-state index contributed by atoms with van der Waals surface area (Å²) in [5, 5.41) is 13.8. The SMILES string of the molecule is CC(=O)NC(C)(C)[C@H]1CC2(CCN(C(O)OC(C)(C)C)CC2)c2cc(I)c(C)cc21. The van der Waals surface area contributed by atoms with Gasteiger partial charge in [0, 0.05) is 35.0 Å². The summed E-state index contributed by atoms with van der Waals surface area (Å²) in [6, 6.07) is 4.71. The molecule has 0 aromatic heterocycles. The maximum atomic E-state index is 11.9. The Bertz CT molecular complexity index is 807. The fourth-order valence-electron chi connectivity index (χ4n) is 5.28. The van der Waals surface area contributed by atoms with Gasteiger partial charge in [0.2, 0.25) is 12.3 Å². The number of aliphatic hydroxyl groups is 1. The summed E-state index contributed by atoms with van der Waals surface area (Å²) in [4.78, 5) is 13.9. The van der Waals surface area contributed by atoms with Crippen LogP contribution < -0.4 is 5.32 Å². The van der Waals surface area contributed by atoms with Crippen molar-refractivity contribution in [3.05, 3.63) is 32.4 Å². The molecule has 1 unspecified atom stereocenters. The van der Waals surface area contributed by atoms with Gasteiger partial charge in [-0.25, -0.2) is 0 Å². The number of carbonyl (C=O) groups is 1. The maximum absolute atomic E-state index is 11.9. The third kappa shape index (κ3) is 4.87. The van der Waals surface area contributed by atoms with Crippen LogP contribution in [0.25, 0.3) is 0 Å². The molecule has 0 bridgehead atoms. The van der Waals surface area contributed by atoms with Crippen LogP contribution in [-0.2, 0) is 14.9 Å². The minimum Gasteiger partial charge on any atom is -0.356 e.